The van der Waals surface area contributed by atoms with Gasteiger partial charge in [-0.1, -0.05) is 62.4 Å². The van der Waals surface area contributed by atoms with E-state index in [1.807, 2.05) is 75.4 Å². The lowest BCUT2D eigenvalue weighted by Gasteiger charge is -2.25. The number of rotatable bonds is 7. The summed E-state index contributed by atoms with van der Waals surface area (Å²) in [6, 6.07) is 17.1. The zero-order valence-corrected chi connectivity index (χ0v) is 17.6. The molecular weight excluding hydrogens is 380 g/mol. The molecule has 0 aliphatic carbocycles. The molecule has 30 heavy (non-hydrogen) atoms. The first-order valence-corrected chi connectivity index (χ1v) is 10.3. The number of hydrogen-bond acceptors (Lipinski definition) is 4. The number of anilines is 1. The van der Waals surface area contributed by atoms with Crippen LogP contribution in [0.2, 0.25) is 0 Å². The third-order valence-corrected chi connectivity index (χ3v) is 5.44. The van der Waals surface area contributed by atoms with Gasteiger partial charge in [-0.15, -0.1) is 0 Å². The van der Waals surface area contributed by atoms with E-state index in [2.05, 4.69) is 5.32 Å². The first kappa shape index (κ1) is 21.6. The predicted molar refractivity (Wildman–Crippen MR) is 115 cm³/mol. The van der Waals surface area contributed by atoms with Crippen molar-refractivity contribution in [3.05, 3.63) is 65.7 Å². The van der Waals surface area contributed by atoms with Gasteiger partial charge in [-0.3, -0.25) is 14.4 Å². The van der Waals surface area contributed by atoms with Gasteiger partial charge in [-0.25, -0.2) is 0 Å². The Morgan fingerprint density at radius 1 is 1.07 bits per heavy atom. The van der Waals surface area contributed by atoms with Gasteiger partial charge in [0, 0.05) is 18.7 Å². The van der Waals surface area contributed by atoms with Crippen LogP contribution in [0, 0.1) is 5.92 Å². The van der Waals surface area contributed by atoms with Crippen molar-refractivity contribution < 1.29 is 19.1 Å². The molecule has 3 rings (SSSR count). The summed E-state index contributed by atoms with van der Waals surface area (Å²) in [5, 5.41) is 2.80. The average Bonchev–Trinajstić information content (AvgIpc) is 3.14. The van der Waals surface area contributed by atoms with Crippen molar-refractivity contribution in [2.24, 2.45) is 5.92 Å². The smallest absolute Gasteiger partial charge is 0.311 e. The van der Waals surface area contributed by atoms with Crippen molar-refractivity contribution in [3.63, 3.8) is 0 Å². The number of esters is 1. The molecule has 0 unspecified atom stereocenters. The van der Waals surface area contributed by atoms with Gasteiger partial charge in [0.25, 0.3) is 5.91 Å². The number of nitrogens with one attached hydrogen (secondary N) is 1. The Bertz CT molecular complexity index is 910. The van der Waals surface area contributed by atoms with E-state index in [0.29, 0.717) is 12.2 Å². The van der Waals surface area contributed by atoms with Gasteiger partial charge >= 0.3 is 5.97 Å². The maximum absolute atomic E-state index is 12.4. The van der Waals surface area contributed by atoms with Crippen LogP contribution >= 0.6 is 0 Å². The van der Waals surface area contributed by atoms with Crippen LogP contribution in [0.1, 0.15) is 50.3 Å². The second-order valence-corrected chi connectivity index (χ2v) is 7.93. The number of carbonyl (C=O) groups is 3. The number of likely N-dealkylation sites (tertiary alicyclic amines) is 1. The Hall–Kier alpha value is -3.15. The standard InChI is InChI=1S/C24H28N2O4/c1-16(2)20-11-7-8-12-21(20)25-22(27)15-30-24(29)19-13-23(28)26(14-19)17(3)18-9-5-4-6-10-18/h4-12,16-17,19H,13-15H2,1-3H3,(H,25,27)/t17-,19+/m1/s1. The summed E-state index contributed by atoms with van der Waals surface area (Å²) in [5.74, 6) is -1.29. The molecule has 6 heteroatoms. The van der Waals surface area contributed by atoms with Crippen LogP contribution in [-0.2, 0) is 19.1 Å². The van der Waals surface area contributed by atoms with E-state index in [9.17, 15) is 14.4 Å². The van der Waals surface area contributed by atoms with Crippen LogP contribution < -0.4 is 5.32 Å². The molecule has 0 radical (unpaired) electrons. The summed E-state index contributed by atoms with van der Waals surface area (Å²) in [6.45, 7) is 5.96. The summed E-state index contributed by atoms with van der Waals surface area (Å²) < 4.78 is 5.21. The SMILES string of the molecule is CC(C)c1ccccc1NC(=O)COC(=O)[C@H]1CC(=O)N([C@H](C)c2ccccc2)C1. The number of ether oxygens (including phenoxy) is 1. The average molecular weight is 408 g/mol. The molecule has 6 nitrogen and oxygen atoms in total. The molecule has 2 aromatic rings. The zero-order chi connectivity index (χ0) is 21.7. The molecule has 0 bridgehead atoms. The number of para-hydroxylation sites is 1. The predicted octanol–water partition coefficient (Wildman–Crippen LogP) is 3.90. The molecule has 2 amide bonds. The molecule has 1 fully saturated rings. The Morgan fingerprint density at radius 3 is 2.43 bits per heavy atom. The fourth-order valence-electron chi connectivity index (χ4n) is 3.73. The van der Waals surface area contributed by atoms with Gasteiger partial charge in [-0.2, -0.15) is 0 Å². The lowest BCUT2D eigenvalue weighted by atomic mass is 10.0. The van der Waals surface area contributed by atoms with Gasteiger partial charge in [0.1, 0.15) is 0 Å². The highest BCUT2D eigenvalue weighted by Gasteiger charge is 2.38. The van der Waals surface area contributed by atoms with Crippen molar-refractivity contribution in [1.82, 2.24) is 4.90 Å². The number of hydrogen-bond donors (Lipinski definition) is 1. The molecule has 1 heterocycles. The highest BCUT2D eigenvalue weighted by Crippen LogP contribution is 2.29. The van der Waals surface area contributed by atoms with E-state index in [-0.39, 0.29) is 30.9 Å². The minimum Gasteiger partial charge on any atom is -0.455 e. The Morgan fingerprint density at radius 2 is 1.73 bits per heavy atom. The third-order valence-electron chi connectivity index (χ3n) is 5.44. The largest absolute Gasteiger partial charge is 0.455 e. The van der Waals surface area contributed by atoms with Gasteiger partial charge in [-0.05, 0) is 30.0 Å². The highest BCUT2D eigenvalue weighted by molar-refractivity contribution is 5.94. The second-order valence-electron chi connectivity index (χ2n) is 7.93. The molecule has 0 aromatic heterocycles. The molecule has 158 valence electrons. The maximum atomic E-state index is 12.4. The van der Waals surface area contributed by atoms with Crippen molar-refractivity contribution >= 4 is 23.5 Å². The Labute approximate surface area is 177 Å². The van der Waals surface area contributed by atoms with Gasteiger partial charge in [0.15, 0.2) is 6.61 Å². The molecule has 0 spiro atoms. The lowest BCUT2D eigenvalue weighted by molar-refractivity contribution is -0.151. The quantitative estimate of drug-likeness (QED) is 0.705. The summed E-state index contributed by atoms with van der Waals surface area (Å²) in [6.07, 6.45) is 0.105. The Kier molecular flexibility index (Phi) is 6.87. The van der Waals surface area contributed by atoms with Crippen molar-refractivity contribution in [3.8, 4) is 0 Å². The molecule has 1 aliphatic rings. The molecule has 1 saturated heterocycles. The van der Waals surface area contributed by atoms with Crippen LogP contribution in [-0.4, -0.2) is 35.8 Å². The van der Waals surface area contributed by atoms with Gasteiger partial charge < -0.3 is 15.0 Å². The van der Waals surface area contributed by atoms with Gasteiger partial charge in [0.2, 0.25) is 5.91 Å². The van der Waals surface area contributed by atoms with Crippen LogP contribution in [0.15, 0.2) is 54.6 Å². The first-order chi connectivity index (χ1) is 14.4. The van der Waals surface area contributed by atoms with Gasteiger partial charge in [0.05, 0.1) is 12.0 Å². The number of amides is 2. The van der Waals surface area contributed by atoms with E-state index in [1.165, 1.54) is 0 Å². The van der Waals surface area contributed by atoms with Crippen molar-refractivity contribution in [2.75, 3.05) is 18.5 Å². The third kappa shape index (κ3) is 5.06. The van der Waals surface area contributed by atoms with E-state index >= 15 is 0 Å². The fraction of sp³-hybridized carbons (Fsp3) is 0.375. The van der Waals surface area contributed by atoms with E-state index in [4.69, 9.17) is 4.74 Å². The summed E-state index contributed by atoms with van der Waals surface area (Å²) >= 11 is 0. The molecule has 1 N–H and O–H groups in total. The molecular formula is C24H28N2O4. The zero-order valence-electron chi connectivity index (χ0n) is 17.6. The number of benzene rings is 2. The minimum absolute atomic E-state index is 0.0800. The fourth-order valence-corrected chi connectivity index (χ4v) is 3.73. The normalized spacial score (nSPS) is 17.1. The maximum Gasteiger partial charge on any atom is 0.311 e. The number of nitrogens with zero attached hydrogens (tertiary/aromatic N) is 1. The minimum atomic E-state index is -0.556. The topological polar surface area (TPSA) is 75.7 Å². The highest BCUT2D eigenvalue weighted by atomic mass is 16.5. The number of carbonyl (C=O) groups excluding carboxylic acids is 3. The van der Waals surface area contributed by atoms with Crippen molar-refractivity contribution in [2.45, 2.75) is 39.2 Å². The molecule has 1 aliphatic heterocycles. The molecule has 0 saturated carbocycles. The lowest BCUT2D eigenvalue weighted by Crippen LogP contribution is -2.30. The van der Waals surface area contributed by atoms with Crippen LogP contribution in [0.3, 0.4) is 0 Å². The van der Waals surface area contributed by atoms with Crippen molar-refractivity contribution in [1.29, 1.82) is 0 Å². The van der Waals surface area contributed by atoms with Crippen LogP contribution in [0.5, 0.6) is 0 Å². The first-order valence-electron chi connectivity index (χ1n) is 10.3. The van der Waals surface area contributed by atoms with E-state index in [0.717, 1.165) is 11.1 Å². The van der Waals surface area contributed by atoms with Crippen LogP contribution in [0.25, 0.3) is 0 Å². The van der Waals surface area contributed by atoms with E-state index < -0.39 is 17.8 Å². The van der Waals surface area contributed by atoms with E-state index in [1.54, 1.807) is 4.90 Å². The molecule has 2 atom stereocenters. The summed E-state index contributed by atoms with van der Waals surface area (Å²) in [7, 11) is 0. The second kappa shape index (κ2) is 9.57. The molecule has 2 aromatic carbocycles. The summed E-state index contributed by atoms with van der Waals surface area (Å²) in [5.41, 5.74) is 2.75. The van der Waals surface area contributed by atoms with Crippen LogP contribution in [0.4, 0.5) is 5.69 Å². The summed E-state index contributed by atoms with van der Waals surface area (Å²) in [4.78, 5) is 38.8. The monoisotopic (exact) mass is 408 g/mol. The Balaban J connectivity index is 1.53.